The number of rotatable bonds is 12. The predicted octanol–water partition coefficient (Wildman–Crippen LogP) is 5.92. The van der Waals surface area contributed by atoms with E-state index in [1.54, 1.807) is 0 Å². The first-order valence-electron chi connectivity index (χ1n) is 14.7. The summed E-state index contributed by atoms with van der Waals surface area (Å²) in [5.74, 6) is 2.99. The largest absolute Gasteiger partial charge is 0.363 e. The Morgan fingerprint density at radius 3 is 1.51 bits per heavy atom. The molecule has 0 aromatic carbocycles. The summed E-state index contributed by atoms with van der Waals surface area (Å²) < 4.78 is 0. The lowest BCUT2D eigenvalue weighted by Crippen LogP contribution is -2.48. The van der Waals surface area contributed by atoms with Crippen molar-refractivity contribution in [2.45, 2.75) is 53.4 Å². The summed E-state index contributed by atoms with van der Waals surface area (Å²) in [7, 11) is 0. The molecule has 0 saturated carbocycles. The maximum Gasteiger partial charge on any atom is 0.167 e. The third-order valence-corrected chi connectivity index (χ3v) is 12.7. The molecule has 0 bridgehead atoms. The number of fused-ring (bicyclic) bond motifs is 2. The highest BCUT2D eigenvalue weighted by molar-refractivity contribution is 8.03. The van der Waals surface area contributed by atoms with Crippen molar-refractivity contribution in [3.63, 3.8) is 0 Å². The fraction of sp³-hybridized carbons (Fsp3) is 0.655. The molecule has 0 radical (unpaired) electrons. The van der Waals surface area contributed by atoms with Crippen molar-refractivity contribution >= 4 is 127 Å². The smallest absolute Gasteiger partial charge is 0.167 e. The van der Waals surface area contributed by atoms with Crippen molar-refractivity contribution in [2.24, 2.45) is 22.7 Å². The quantitative estimate of drug-likeness (QED) is 0.142. The van der Waals surface area contributed by atoms with Gasteiger partial charge < -0.3 is 31.1 Å². The average molecular weight is 731 g/mol. The maximum absolute atomic E-state index is 5.83. The standard InChI is InChI=1S/C29H42N6S8/c1-28(2,15-34-22(36)13-20-18(24(34)38)5-11-42-20)7-9-30-26(40)32-17-33-27(41)31-10-8-29(3,4)16-35-23(37)14-21-19(25(35)39)6-12-43-21/h13-14,18-19H,5-12,15-17H2,1-4H3,(H2,30,32,40)(H2,31,33,41). The molecular weight excluding hydrogens is 689 g/mol. The highest BCUT2D eigenvalue weighted by Crippen LogP contribution is 2.42. The minimum Gasteiger partial charge on any atom is -0.363 e. The Morgan fingerprint density at radius 2 is 1.12 bits per heavy atom. The number of nitrogens with one attached hydrogen (secondary N) is 4. The van der Waals surface area contributed by atoms with E-state index in [9.17, 15) is 0 Å². The van der Waals surface area contributed by atoms with Crippen LogP contribution in [0.25, 0.3) is 0 Å². The first-order chi connectivity index (χ1) is 20.3. The fourth-order valence-corrected chi connectivity index (χ4v) is 10.1. The second-order valence-corrected chi connectivity index (χ2v) is 17.7. The van der Waals surface area contributed by atoms with E-state index in [-0.39, 0.29) is 10.8 Å². The Kier molecular flexibility index (Phi) is 12.7. The van der Waals surface area contributed by atoms with Crippen LogP contribution in [0.5, 0.6) is 0 Å². The first-order valence-corrected chi connectivity index (χ1v) is 19.1. The lowest BCUT2D eigenvalue weighted by Gasteiger charge is -2.38. The molecule has 0 aliphatic carbocycles. The minimum absolute atomic E-state index is 0.0182. The van der Waals surface area contributed by atoms with Gasteiger partial charge in [-0.2, -0.15) is 0 Å². The number of nitrogens with zero attached hydrogens (tertiary/aromatic N) is 2. The van der Waals surface area contributed by atoms with Crippen LogP contribution in [0.3, 0.4) is 0 Å². The molecule has 0 amide bonds. The minimum atomic E-state index is 0.0182. The van der Waals surface area contributed by atoms with Crippen LogP contribution >= 0.6 is 96.8 Å². The van der Waals surface area contributed by atoms with E-state index in [1.165, 1.54) is 9.81 Å². The van der Waals surface area contributed by atoms with Gasteiger partial charge in [-0.1, -0.05) is 76.6 Å². The molecule has 6 nitrogen and oxygen atoms in total. The lowest BCUT2D eigenvalue weighted by molar-refractivity contribution is 0.284. The van der Waals surface area contributed by atoms with Crippen LogP contribution in [0.2, 0.25) is 0 Å². The summed E-state index contributed by atoms with van der Waals surface area (Å²) in [4.78, 5) is 10.7. The first kappa shape index (κ1) is 35.4. The lowest BCUT2D eigenvalue weighted by atomic mass is 9.87. The van der Waals surface area contributed by atoms with Crippen molar-refractivity contribution in [1.82, 2.24) is 31.1 Å². The van der Waals surface area contributed by atoms with Gasteiger partial charge in [0.15, 0.2) is 10.2 Å². The van der Waals surface area contributed by atoms with E-state index < -0.39 is 0 Å². The molecule has 236 valence electrons. The fourth-order valence-electron chi connectivity index (χ4n) is 5.53. The van der Waals surface area contributed by atoms with Crippen molar-refractivity contribution in [2.75, 3.05) is 44.4 Å². The predicted molar refractivity (Wildman–Crippen MR) is 210 cm³/mol. The monoisotopic (exact) mass is 730 g/mol. The summed E-state index contributed by atoms with van der Waals surface area (Å²) in [6.07, 6.45) is 8.39. The number of thioether (sulfide) groups is 2. The summed E-state index contributed by atoms with van der Waals surface area (Å²) in [6.45, 7) is 12.6. The van der Waals surface area contributed by atoms with Crippen LogP contribution in [-0.4, -0.2) is 84.3 Å². The van der Waals surface area contributed by atoms with E-state index in [1.807, 2.05) is 23.5 Å². The SMILES string of the molecule is CC(C)(CCNC(=S)NCNC(=S)NCCC(C)(C)CN1C(=S)C=C2SCCC2C1=S)CN1C(=S)C=C2SCCC2C1=S. The van der Waals surface area contributed by atoms with E-state index in [0.29, 0.717) is 28.7 Å². The van der Waals surface area contributed by atoms with Crippen LogP contribution in [0.4, 0.5) is 0 Å². The average Bonchev–Trinajstić information content (AvgIpc) is 3.58. The van der Waals surface area contributed by atoms with Crippen molar-refractivity contribution in [1.29, 1.82) is 0 Å². The highest BCUT2D eigenvalue weighted by atomic mass is 32.2. The van der Waals surface area contributed by atoms with E-state index in [4.69, 9.17) is 73.3 Å². The number of thiocarbonyl (C=S) groups is 6. The van der Waals surface area contributed by atoms with Crippen LogP contribution < -0.4 is 21.3 Å². The summed E-state index contributed by atoms with van der Waals surface area (Å²) in [6, 6.07) is 0. The normalized spacial score (nSPS) is 22.1. The molecule has 4 rings (SSSR count). The number of hydrogen-bond acceptors (Lipinski definition) is 8. The van der Waals surface area contributed by atoms with E-state index in [0.717, 1.165) is 83.3 Å². The van der Waals surface area contributed by atoms with Gasteiger partial charge in [0.25, 0.3) is 0 Å². The second-order valence-electron chi connectivity index (χ2n) is 12.9. The van der Waals surface area contributed by atoms with Gasteiger partial charge in [0.1, 0.15) is 9.98 Å². The van der Waals surface area contributed by atoms with Gasteiger partial charge in [-0.25, -0.2) is 0 Å². The van der Waals surface area contributed by atoms with Gasteiger partial charge >= 0.3 is 0 Å². The van der Waals surface area contributed by atoms with E-state index >= 15 is 0 Å². The maximum atomic E-state index is 5.83. The van der Waals surface area contributed by atoms with Gasteiger partial charge in [0.05, 0.1) is 16.6 Å². The topological polar surface area (TPSA) is 54.6 Å². The molecule has 4 aliphatic rings. The molecule has 43 heavy (non-hydrogen) atoms. The molecule has 2 atom stereocenters. The number of hydrogen-bond donors (Lipinski definition) is 4. The van der Waals surface area contributed by atoms with Crippen molar-refractivity contribution in [3.8, 4) is 0 Å². The van der Waals surface area contributed by atoms with Crippen LogP contribution in [0.15, 0.2) is 22.0 Å². The summed E-state index contributed by atoms with van der Waals surface area (Å²) in [5.41, 5.74) is 0.0365. The van der Waals surface area contributed by atoms with E-state index in [2.05, 4.69) is 70.9 Å². The molecule has 4 aliphatic heterocycles. The van der Waals surface area contributed by atoms with Gasteiger partial charge in [0.2, 0.25) is 0 Å². The van der Waals surface area contributed by atoms with Gasteiger partial charge in [-0.3, -0.25) is 0 Å². The molecule has 4 N–H and O–H groups in total. The molecule has 14 heteroatoms. The zero-order valence-corrected chi connectivity index (χ0v) is 31.8. The molecule has 2 saturated heterocycles. The molecular formula is C29H42N6S8. The van der Waals surface area contributed by atoms with Crippen LogP contribution in [0.1, 0.15) is 53.4 Å². The molecule has 4 heterocycles. The Hall–Kier alpha value is -0.480. The Bertz CT molecular complexity index is 1130. The Labute approximate surface area is 298 Å². The van der Waals surface area contributed by atoms with Gasteiger partial charge in [0, 0.05) is 38.0 Å². The molecule has 0 spiro atoms. The van der Waals surface area contributed by atoms with Gasteiger partial charge in [-0.15, -0.1) is 23.5 Å². The Morgan fingerprint density at radius 1 is 0.721 bits per heavy atom. The Balaban J connectivity index is 1.08. The molecule has 2 unspecified atom stereocenters. The van der Waals surface area contributed by atoms with Crippen molar-refractivity contribution < 1.29 is 0 Å². The third kappa shape index (κ3) is 9.76. The zero-order chi connectivity index (χ0) is 31.4. The molecule has 2 fully saturated rings. The summed E-state index contributed by atoms with van der Waals surface area (Å²) >= 11 is 37.8. The summed E-state index contributed by atoms with van der Waals surface area (Å²) in [5, 5.41) is 14.2. The van der Waals surface area contributed by atoms with Crippen LogP contribution in [-0.2, 0) is 0 Å². The molecule has 0 aromatic rings. The van der Waals surface area contributed by atoms with Gasteiger partial charge in [-0.05, 0) is 94.4 Å². The second kappa shape index (κ2) is 15.4. The zero-order valence-electron chi connectivity index (χ0n) is 25.2. The third-order valence-electron chi connectivity index (χ3n) is 8.07. The molecule has 0 aromatic heterocycles. The van der Waals surface area contributed by atoms with Crippen molar-refractivity contribution in [3.05, 3.63) is 22.0 Å². The highest BCUT2D eigenvalue weighted by Gasteiger charge is 2.37. The van der Waals surface area contributed by atoms with Crippen LogP contribution in [0, 0.1) is 22.7 Å².